The van der Waals surface area contributed by atoms with Crippen LogP contribution in [-0.4, -0.2) is 27.2 Å². The fourth-order valence-corrected chi connectivity index (χ4v) is 2.64. The van der Waals surface area contributed by atoms with Gasteiger partial charge in [-0.15, -0.1) is 0 Å². The molecule has 0 spiro atoms. The van der Waals surface area contributed by atoms with Crippen LogP contribution >= 0.6 is 26.6 Å². The molecule has 0 amide bonds. The summed E-state index contributed by atoms with van der Waals surface area (Å²) < 4.78 is 25.3. The summed E-state index contributed by atoms with van der Waals surface area (Å²) in [6.07, 6.45) is 1.000. The standard InChI is InChI=1S/C5H6BrClO4S/c1-11-5(8)2-4(6)3-12(7,9)10/h2H,3H2,1H3/b4-2-. The zero-order valence-corrected chi connectivity index (χ0v) is 9.24. The van der Waals surface area contributed by atoms with E-state index in [1.807, 2.05) is 0 Å². The maximum Gasteiger partial charge on any atom is 0.331 e. The van der Waals surface area contributed by atoms with Gasteiger partial charge in [-0.05, 0) is 0 Å². The van der Waals surface area contributed by atoms with E-state index in [1.54, 1.807) is 0 Å². The molecule has 0 aromatic heterocycles. The van der Waals surface area contributed by atoms with Crippen LogP contribution in [0.4, 0.5) is 0 Å². The Labute approximate surface area is 83.1 Å². The second-order valence-electron chi connectivity index (χ2n) is 1.80. The van der Waals surface area contributed by atoms with Crippen LogP contribution in [0.2, 0.25) is 0 Å². The molecular formula is C5H6BrClO4S. The molecule has 0 rings (SSSR count). The Balaban J connectivity index is 4.32. The van der Waals surface area contributed by atoms with E-state index < -0.39 is 20.8 Å². The number of halogens is 2. The summed E-state index contributed by atoms with van der Waals surface area (Å²) >= 11 is 2.85. The van der Waals surface area contributed by atoms with E-state index in [1.165, 1.54) is 7.11 Å². The molecule has 0 bridgehead atoms. The number of hydrogen-bond donors (Lipinski definition) is 0. The molecule has 0 saturated heterocycles. The Morgan fingerprint density at radius 3 is 2.50 bits per heavy atom. The van der Waals surface area contributed by atoms with Gasteiger partial charge in [-0.3, -0.25) is 0 Å². The van der Waals surface area contributed by atoms with Crippen LogP contribution in [0, 0.1) is 0 Å². The Bertz CT molecular complexity index is 295. The summed E-state index contributed by atoms with van der Waals surface area (Å²) in [6.45, 7) is 0. The van der Waals surface area contributed by atoms with Gasteiger partial charge in [-0.25, -0.2) is 13.2 Å². The molecule has 0 unspecified atom stereocenters. The van der Waals surface area contributed by atoms with Crippen molar-refractivity contribution in [2.45, 2.75) is 0 Å². The molecule has 0 saturated carbocycles. The molecule has 4 nitrogen and oxygen atoms in total. The maximum atomic E-state index is 10.5. The highest BCUT2D eigenvalue weighted by Gasteiger charge is 2.08. The summed E-state index contributed by atoms with van der Waals surface area (Å²) in [5, 5.41) is 0. The molecule has 12 heavy (non-hydrogen) atoms. The van der Waals surface area contributed by atoms with Crippen LogP contribution < -0.4 is 0 Å². The van der Waals surface area contributed by atoms with Gasteiger partial charge in [0.15, 0.2) is 0 Å². The Morgan fingerprint density at radius 1 is 1.67 bits per heavy atom. The van der Waals surface area contributed by atoms with E-state index in [0.717, 1.165) is 6.08 Å². The third-order valence-electron chi connectivity index (χ3n) is 0.786. The zero-order valence-electron chi connectivity index (χ0n) is 6.08. The molecule has 0 aliphatic carbocycles. The quantitative estimate of drug-likeness (QED) is 0.439. The average molecular weight is 278 g/mol. The van der Waals surface area contributed by atoms with E-state index >= 15 is 0 Å². The molecule has 0 radical (unpaired) electrons. The fraction of sp³-hybridized carbons (Fsp3) is 0.400. The first-order chi connectivity index (χ1) is 5.35. The summed E-state index contributed by atoms with van der Waals surface area (Å²) in [4.78, 5) is 10.5. The van der Waals surface area contributed by atoms with Crippen LogP contribution in [0.15, 0.2) is 10.6 Å². The van der Waals surface area contributed by atoms with Gasteiger partial charge in [-0.2, -0.15) is 0 Å². The van der Waals surface area contributed by atoms with Crippen molar-refractivity contribution < 1.29 is 17.9 Å². The molecule has 7 heteroatoms. The summed E-state index contributed by atoms with van der Waals surface area (Å²) in [7, 11) is 2.46. The van der Waals surface area contributed by atoms with Crippen molar-refractivity contribution in [1.29, 1.82) is 0 Å². The molecular weight excluding hydrogens is 271 g/mol. The van der Waals surface area contributed by atoms with E-state index in [4.69, 9.17) is 10.7 Å². The van der Waals surface area contributed by atoms with Crippen molar-refractivity contribution >= 4 is 41.6 Å². The van der Waals surface area contributed by atoms with Crippen LogP contribution in [0.5, 0.6) is 0 Å². The highest BCUT2D eigenvalue weighted by atomic mass is 79.9. The maximum absolute atomic E-state index is 10.5. The molecule has 0 N–H and O–H groups in total. The normalized spacial score (nSPS) is 12.8. The molecule has 0 heterocycles. The minimum absolute atomic E-state index is 0.157. The average Bonchev–Trinajstić information content (AvgIpc) is 1.82. The van der Waals surface area contributed by atoms with Gasteiger partial charge in [0.2, 0.25) is 9.05 Å². The van der Waals surface area contributed by atoms with E-state index in [0.29, 0.717) is 0 Å². The van der Waals surface area contributed by atoms with Crippen molar-refractivity contribution in [1.82, 2.24) is 0 Å². The topological polar surface area (TPSA) is 60.4 Å². The summed E-state index contributed by atoms with van der Waals surface area (Å²) in [6, 6.07) is 0. The van der Waals surface area contributed by atoms with Gasteiger partial charge in [0.25, 0.3) is 0 Å². The van der Waals surface area contributed by atoms with Gasteiger partial charge in [0, 0.05) is 21.2 Å². The molecule has 0 atom stereocenters. The lowest BCUT2D eigenvalue weighted by atomic mass is 10.5. The van der Waals surface area contributed by atoms with Gasteiger partial charge < -0.3 is 4.74 Å². The predicted octanol–water partition coefficient (Wildman–Crippen LogP) is 1.01. The number of methoxy groups -OCH3 is 1. The van der Waals surface area contributed by atoms with Gasteiger partial charge in [-0.1, -0.05) is 15.9 Å². The van der Waals surface area contributed by atoms with Gasteiger partial charge in [0.1, 0.15) is 0 Å². The molecule has 70 valence electrons. The first-order valence-electron chi connectivity index (χ1n) is 2.71. The molecule has 0 aliphatic heterocycles. The molecule has 0 aromatic rings. The molecule has 0 aliphatic rings. The first kappa shape index (κ1) is 11.9. The number of carbonyl (C=O) groups excluding carboxylic acids is 1. The van der Waals surface area contributed by atoms with E-state index in [-0.39, 0.29) is 4.48 Å². The van der Waals surface area contributed by atoms with Gasteiger partial charge in [0.05, 0.1) is 12.9 Å². The van der Waals surface area contributed by atoms with Crippen LogP contribution in [0.3, 0.4) is 0 Å². The number of rotatable bonds is 3. The van der Waals surface area contributed by atoms with Crippen LogP contribution in [-0.2, 0) is 18.6 Å². The number of hydrogen-bond acceptors (Lipinski definition) is 4. The number of ether oxygens (including phenoxy) is 1. The largest absolute Gasteiger partial charge is 0.466 e. The third kappa shape index (κ3) is 6.63. The minimum Gasteiger partial charge on any atom is -0.466 e. The number of esters is 1. The molecule has 0 fully saturated rings. The van der Waals surface area contributed by atoms with Crippen molar-refractivity contribution in [3.63, 3.8) is 0 Å². The minimum atomic E-state index is -3.63. The first-order valence-corrected chi connectivity index (χ1v) is 5.98. The highest BCUT2D eigenvalue weighted by molar-refractivity contribution is 9.11. The second-order valence-corrected chi connectivity index (χ2v) is 5.59. The van der Waals surface area contributed by atoms with Crippen molar-refractivity contribution in [2.24, 2.45) is 0 Å². The van der Waals surface area contributed by atoms with Crippen LogP contribution in [0.25, 0.3) is 0 Å². The highest BCUT2D eigenvalue weighted by Crippen LogP contribution is 2.11. The SMILES string of the molecule is COC(=O)/C=C(\Br)CS(=O)(=O)Cl. The Kier molecular flexibility index (Phi) is 4.81. The Morgan fingerprint density at radius 2 is 2.17 bits per heavy atom. The monoisotopic (exact) mass is 276 g/mol. The number of carbonyl (C=O) groups is 1. The second kappa shape index (κ2) is 4.84. The lowest BCUT2D eigenvalue weighted by molar-refractivity contribution is -0.134. The van der Waals surface area contributed by atoms with Crippen molar-refractivity contribution in [3.8, 4) is 0 Å². The third-order valence-corrected chi connectivity index (χ3v) is 2.65. The smallest absolute Gasteiger partial charge is 0.331 e. The Hall–Kier alpha value is -0.0700. The summed E-state index contributed by atoms with van der Waals surface area (Å²) in [5.74, 6) is -1.06. The van der Waals surface area contributed by atoms with Crippen molar-refractivity contribution in [2.75, 3.05) is 12.9 Å². The zero-order chi connectivity index (χ0) is 9.78. The molecule has 0 aromatic carbocycles. The van der Waals surface area contributed by atoms with Crippen LogP contribution in [0.1, 0.15) is 0 Å². The van der Waals surface area contributed by atoms with E-state index in [9.17, 15) is 13.2 Å². The lowest BCUT2D eigenvalue weighted by Crippen LogP contribution is -2.01. The van der Waals surface area contributed by atoms with Crippen molar-refractivity contribution in [3.05, 3.63) is 10.6 Å². The fourth-order valence-electron chi connectivity index (χ4n) is 0.393. The summed E-state index contributed by atoms with van der Waals surface area (Å²) in [5.41, 5.74) is 0. The van der Waals surface area contributed by atoms with Gasteiger partial charge >= 0.3 is 5.97 Å². The lowest BCUT2D eigenvalue weighted by Gasteiger charge is -1.94. The predicted molar refractivity (Wildman–Crippen MR) is 48.7 cm³/mol. The van der Waals surface area contributed by atoms with E-state index in [2.05, 4.69) is 20.7 Å².